The van der Waals surface area contributed by atoms with Crippen molar-refractivity contribution in [2.45, 2.75) is 26.3 Å². The molecule has 0 radical (unpaired) electrons. The van der Waals surface area contributed by atoms with Gasteiger partial charge in [-0.1, -0.05) is 25.1 Å². The van der Waals surface area contributed by atoms with E-state index < -0.39 is 6.04 Å². The second-order valence-corrected chi connectivity index (χ2v) is 5.92. The predicted molar refractivity (Wildman–Crippen MR) is 101 cm³/mol. The molecule has 6 nitrogen and oxygen atoms in total. The molecule has 0 aliphatic heterocycles. The van der Waals surface area contributed by atoms with Crippen LogP contribution in [0.25, 0.3) is 11.3 Å². The SMILES string of the molecule is CCc1ccccc1NC(=O)C(C)n1nc(-c2cccnc2)ccc1=O. The summed E-state index contributed by atoms with van der Waals surface area (Å²) in [5, 5.41) is 7.25. The van der Waals surface area contributed by atoms with Crippen LogP contribution in [0.1, 0.15) is 25.5 Å². The number of para-hydroxylation sites is 1. The van der Waals surface area contributed by atoms with Gasteiger partial charge in [0.2, 0.25) is 5.91 Å². The van der Waals surface area contributed by atoms with E-state index in [-0.39, 0.29) is 11.5 Å². The average molecular weight is 348 g/mol. The summed E-state index contributed by atoms with van der Waals surface area (Å²) in [4.78, 5) is 28.9. The number of carbonyl (C=O) groups excluding carboxylic acids is 1. The summed E-state index contributed by atoms with van der Waals surface area (Å²) in [6, 6.07) is 13.6. The third-order valence-electron chi connectivity index (χ3n) is 4.18. The van der Waals surface area contributed by atoms with Crippen LogP contribution in [0.2, 0.25) is 0 Å². The normalized spacial score (nSPS) is 11.8. The first-order valence-corrected chi connectivity index (χ1v) is 8.49. The molecule has 3 aromatic rings. The standard InChI is InChI=1S/C20H20N4O2/c1-3-15-7-4-5-9-17(15)22-20(26)14(2)24-19(25)11-10-18(23-24)16-8-6-12-21-13-16/h4-14H,3H2,1-2H3,(H,22,26). The van der Waals surface area contributed by atoms with Crippen LogP contribution < -0.4 is 10.9 Å². The Morgan fingerprint density at radius 3 is 2.69 bits per heavy atom. The van der Waals surface area contributed by atoms with Crippen LogP contribution >= 0.6 is 0 Å². The van der Waals surface area contributed by atoms with Gasteiger partial charge in [-0.2, -0.15) is 5.10 Å². The molecule has 1 aromatic carbocycles. The molecule has 0 aliphatic rings. The maximum Gasteiger partial charge on any atom is 0.267 e. The van der Waals surface area contributed by atoms with E-state index in [0.29, 0.717) is 5.69 Å². The number of hydrogen-bond donors (Lipinski definition) is 1. The molecular formula is C20H20N4O2. The first kappa shape index (κ1) is 17.5. The molecular weight excluding hydrogens is 328 g/mol. The lowest BCUT2D eigenvalue weighted by Gasteiger charge is -2.16. The van der Waals surface area contributed by atoms with Crippen molar-refractivity contribution in [3.63, 3.8) is 0 Å². The van der Waals surface area contributed by atoms with Gasteiger partial charge in [0, 0.05) is 29.7 Å². The molecule has 6 heteroatoms. The largest absolute Gasteiger partial charge is 0.324 e. The number of aromatic nitrogens is 3. The Hall–Kier alpha value is -3.28. The van der Waals surface area contributed by atoms with Crippen LogP contribution in [0.15, 0.2) is 65.7 Å². The highest BCUT2D eigenvalue weighted by atomic mass is 16.2. The molecule has 2 heterocycles. The fraction of sp³-hybridized carbons (Fsp3) is 0.200. The minimum absolute atomic E-state index is 0.288. The van der Waals surface area contributed by atoms with Crippen LogP contribution in [0, 0.1) is 0 Å². The molecule has 0 bridgehead atoms. The van der Waals surface area contributed by atoms with Gasteiger partial charge in [-0.05, 0) is 43.2 Å². The Bertz CT molecular complexity index is 967. The monoisotopic (exact) mass is 348 g/mol. The number of nitrogens with zero attached hydrogens (tertiary/aromatic N) is 3. The van der Waals surface area contributed by atoms with Crippen molar-refractivity contribution in [1.82, 2.24) is 14.8 Å². The third kappa shape index (κ3) is 3.69. The zero-order chi connectivity index (χ0) is 18.5. The van der Waals surface area contributed by atoms with Gasteiger partial charge in [0.05, 0.1) is 5.69 Å². The molecule has 0 saturated carbocycles. The first-order chi connectivity index (χ1) is 12.6. The minimum atomic E-state index is -0.746. The summed E-state index contributed by atoms with van der Waals surface area (Å²) in [6.45, 7) is 3.68. The van der Waals surface area contributed by atoms with Gasteiger partial charge in [-0.3, -0.25) is 14.6 Å². The van der Waals surface area contributed by atoms with Gasteiger partial charge < -0.3 is 5.32 Å². The van der Waals surface area contributed by atoms with Crippen LogP contribution in [-0.2, 0) is 11.2 Å². The van der Waals surface area contributed by atoms with E-state index in [1.165, 1.54) is 10.7 Å². The lowest BCUT2D eigenvalue weighted by atomic mass is 10.1. The third-order valence-corrected chi connectivity index (χ3v) is 4.18. The number of hydrogen-bond acceptors (Lipinski definition) is 4. The van der Waals surface area contributed by atoms with Crippen molar-refractivity contribution in [3.05, 3.63) is 76.8 Å². The van der Waals surface area contributed by atoms with Crippen molar-refractivity contribution in [2.24, 2.45) is 0 Å². The van der Waals surface area contributed by atoms with E-state index in [1.807, 2.05) is 37.3 Å². The number of aryl methyl sites for hydroxylation is 1. The van der Waals surface area contributed by atoms with Crippen molar-refractivity contribution < 1.29 is 4.79 Å². The van der Waals surface area contributed by atoms with Gasteiger partial charge in [-0.25, -0.2) is 4.68 Å². The highest BCUT2D eigenvalue weighted by Gasteiger charge is 2.19. The predicted octanol–water partition coefficient (Wildman–Crippen LogP) is 3.07. The molecule has 1 amide bonds. The van der Waals surface area contributed by atoms with Crippen LogP contribution in [0.3, 0.4) is 0 Å². The minimum Gasteiger partial charge on any atom is -0.324 e. The maximum atomic E-state index is 12.7. The topological polar surface area (TPSA) is 76.9 Å². The van der Waals surface area contributed by atoms with Gasteiger partial charge in [0.15, 0.2) is 0 Å². The number of amides is 1. The smallest absolute Gasteiger partial charge is 0.267 e. The highest BCUT2D eigenvalue weighted by molar-refractivity contribution is 5.94. The van der Waals surface area contributed by atoms with E-state index in [2.05, 4.69) is 15.4 Å². The van der Waals surface area contributed by atoms with Gasteiger partial charge in [0.1, 0.15) is 6.04 Å². The quantitative estimate of drug-likeness (QED) is 0.769. The van der Waals surface area contributed by atoms with Crippen molar-refractivity contribution >= 4 is 11.6 Å². The van der Waals surface area contributed by atoms with Gasteiger partial charge >= 0.3 is 0 Å². The van der Waals surface area contributed by atoms with E-state index in [1.54, 1.807) is 31.5 Å². The molecule has 1 N–H and O–H groups in total. The van der Waals surface area contributed by atoms with E-state index in [0.717, 1.165) is 23.2 Å². The molecule has 0 aliphatic carbocycles. The fourth-order valence-electron chi connectivity index (χ4n) is 2.67. The molecule has 0 spiro atoms. The Balaban J connectivity index is 1.88. The molecule has 3 rings (SSSR count). The molecule has 0 saturated heterocycles. The van der Waals surface area contributed by atoms with Crippen LogP contribution in [0.4, 0.5) is 5.69 Å². The maximum absolute atomic E-state index is 12.7. The van der Waals surface area contributed by atoms with Crippen molar-refractivity contribution in [1.29, 1.82) is 0 Å². The zero-order valence-corrected chi connectivity index (χ0v) is 14.7. The van der Waals surface area contributed by atoms with E-state index in [9.17, 15) is 9.59 Å². The Labute approximate surface area is 151 Å². The van der Waals surface area contributed by atoms with E-state index in [4.69, 9.17) is 0 Å². The Kier molecular flexibility index (Phi) is 5.22. The molecule has 2 aromatic heterocycles. The Morgan fingerprint density at radius 1 is 1.15 bits per heavy atom. The second-order valence-electron chi connectivity index (χ2n) is 5.92. The summed E-state index contributed by atoms with van der Waals surface area (Å²) < 4.78 is 1.20. The number of nitrogens with one attached hydrogen (secondary N) is 1. The lowest BCUT2D eigenvalue weighted by Crippen LogP contribution is -2.33. The summed E-state index contributed by atoms with van der Waals surface area (Å²) in [5.74, 6) is -0.288. The lowest BCUT2D eigenvalue weighted by molar-refractivity contribution is -0.119. The molecule has 132 valence electrons. The van der Waals surface area contributed by atoms with Gasteiger partial charge in [0.25, 0.3) is 5.56 Å². The summed E-state index contributed by atoms with van der Waals surface area (Å²) in [7, 11) is 0. The number of benzene rings is 1. The molecule has 0 fully saturated rings. The van der Waals surface area contributed by atoms with Crippen molar-refractivity contribution in [3.8, 4) is 11.3 Å². The molecule has 26 heavy (non-hydrogen) atoms. The Morgan fingerprint density at radius 2 is 1.96 bits per heavy atom. The number of pyridine rings is 1. The number of rotatable bonds is 5. The second kappa shape index (κ2) is 7.74. The summed E-state index contributed by atoms with van der Waals surface area (Å²) >= 11 is 0. The van der Waals surface area contributed by atoms with Crippen LogP contribution in [0.5, 0.6) is 0 Å². The highest BCUT2D eigenvalue weighted by Crippen LogP contribution is 2.18. The average Bonchev–Trinajstić information content (AvgIpc) is 2.69. The van der Waals surface area contributed by atoms with Crippen LogP contribution in [-0.4, -0.2) is 20.7 Å². The van der Waals surface area contributed by atoms with Crippen molar-refractivity contribution in [2.75, 3.05) is 5.32 Å². The number of carbonyl (C=O) groups is 1. The molecule has 1 atom stereocenters. The zero-order valence-electron chi connectivity index (χ0n) is 14.7. The number of anilines is 1. The van der Waals surface area contributed by atoms with E-state index >= 15 is 0 Å². The fourth-order valence-corrected chi connectivity index (χ4v) is 2.67. The van der Waals surface area contributed by atoms with Gasteiger partial charge in [-0.15, -0.1) is 0 Å². The summed E-state index contributed by atoms with van der Waals surface area (Å²) in [6.07, 6.45) is 4.14. The summed E-state index contributed by atoms with van der Waals surface area (Å²) in [5.41, 5.74) is 2.83. The first-order valence-electron chi connectivity index (χ1n) is 8.49. The molecule has 1 unspecified atom stereocenters.